The lowest BCUT2D eigenvalue weighted by atomic mass is 10.1. The number of hydrogen-bond acceptors (Lipinski definition) is 3. The minimum atomic E-state index is -2.92. The second-order valence-electron chi connectivity index (χ2n) is 4.85. The van der Waals surface area contributed by atoms with Crippen LogP contribution >= 0.6 is 22.6 Å². The number of benzene rings is 2. The first-order valence-electron chi connectivity index (χ1n) is 7.15. The van der Waals surface area contributed by atoms with E-state index in [1.165, 1.54) is 13.2 Å². The number of ether oxygens (including phenoxy) is 2. The van der Waals surface area contributed by atoms with Crippen LogP contribution in [0, 0.1) is 3.57 Å². The Morgan fingerprint density at radius 3 is 2.62 bits per heavy atom. The highest BCUT2D eigenvalue weighted by molar-refractivity contribution is 14.1. The summed E-state index contributed by atoms with van der Waals surface area (Å²) in [7, 11) is 1.38. The fourth-order valence-electron chi connectivity index (χ4n) is 2.13. The third-order valence-electron chi connectivity index (χ3n) is 3.26. The summed E-state index contributed by atoms with van der Waals surface area (Å²) in [5.74, 6) is 0.0495. The first kappa shape index (κ1) is 18.4. The van der Waals surface area contributed by atoms with Crippen molar-refractivity contribution in [1.29, 1.82) is 0 Å². The Balaban J connectivity index is 1.97. The molecule has 0 fully saturated rings. The lowest BCUT2D eigenvalue weighted by Gasteiger charge is -2.12. The smallest absolute Gasteiger partial charge is 0.387 e. The summed E-state index contributed by atoms with van der Waals surface area (Å²) in [6.45, 7) is -2.54. The number of hydrogen-bond donors (Lipinski definition) is 1. The highest BCUT2D eigenvalue weighted by atomic mass is 127. The summed E-state index contributed by atoms with van der Waals surface area (Å²) in [4.78, 5) is 12.1. The minimum Gasteiger partial charge on any atom is -0.493 e. The molecule has 1 N–H and O–H groups in total. The van der Waals surface area contributed by atoms with E-state index in [0.29, 0.717) is 18.5 Å². The molecular formula is C17H16F2INO3. The van der Waals surface area contributed by atoms with Crippen LogP contribution in [0.4, 0.5) is 8.78 Å². The topological polar surface area (TPSA) is 47.6 Å². The maximum absolute atomic E-state index is 12.4. The van der Waals surface area contributed by atoms with Crippen molar-refractivity contribution in [2.24, 2.45) is 0 Å². The standard InChI is InChI=1S/C17H16F2INO3/c1-23-14-7-6-11(10-15(14)24-17(18)19)8-9-21-16(22)12-4-2-3-5-13(12)20/h2-7,10,17H,8-9H2,1H3,(H,21,22). The predicted molar refractivity (Wildman–Crippen MR) is 94.8 cm³/mol. The number of halogens is 3. The molecule has 0 aromatic heterocycles. The number of carbonyl (C=O) groups excluding carboxylic acids is 1. The van der Waals surface area contributed by atoms with E-state index in [2.05, 4.69) is 32.6 Å². The van der Waals surface area contributed by atoms with Gasteiger partial charge in [0.1, 0.15) is 0 Å². The highest BCUT2D eigenvalue weighted by Gasteiger charge is 2.12. The van der Waals surface area contributed by atoms with Crippen LogP contribution in [-0.4, -0.2) is 26.2 Å². The molecule has 1 amide bonds. The molecule has 0 unspecified atom stereocenters. The fourth-order valence-corrected chi connectivity index (χ4v) is 2.76. The number of methoxy groups -OCH3 is 1. The lowest BCUT2D eigenvalue weighted by molar-refractivity contribution is -0.0512. The summed E-state index contributed by atoms with van der Waals surface area (Å²) >= 11 is 2.10. The van der Waals surface area contributed by atoms with Crippen molar-refractivity contribution in [2.45, 2.75) is 13.0 Å². The van der Waals surface area contributed by atoms with Crippen LogP contribution in [0.15, 0.2) is 42.5 Å². The van der Waals surface area contributed by atoms with Gasteiger partial charge < -0.3 is 14.8 Å². The van der Waals surface area contributed by atoms with Gasteiger partial charge in [-0.25, -0.2) is 0 Å². The molecule has 0 radical (unpaired) electrons. The lowest BCUT2D eigenvalue weighted by Crippen LogP contribution is -2.26. The summed E-state index contributed by atoms with van der Waals surface area (Å²) in [6, 6.07) is 12.1. The largest absolute Gasteiger partial charge is 0.493 e. The average molecular weight is 447 g/mol. The molecule has 0 aliphatic rings. The zero-order valence-corrected chi connectivity index (χ0v) is 15.0. The molecule has 24 heavy (non-hydrogen) atoms. The van der Waals surface area contributed by atoms with Crippen molar-refractivity contribution in [3.8, 4) is 11.5 Å². The Morgan fingerprint density at radius 1 is 1.21 bits per heavy atom. The molecule has 0 aliphatic heterocycles. The molecule has 0 aliphatic carbocycles. The van der Waals surface area contributed by atoms with Crippen LogP contribution in [0.25, 0.3) is 0 Å². The normalized spacial score (nSPS) is 10.5. The Labute approximate surface area is 152 Å². The molecule has 0 spiro atoms. The van der Waals surface area contributed by atoms with E-state index in [1.807, 2.05) is 12.1 Å². The molecule has 4 nitrogen and oxygen atoms in total. The molecule has 0 saturated carbocycles. The molecule has 0 heterocycles. The Hall–Kier alpha value is -1.90. The van der Waals surface area contributed by atoms with Gasteiger partial charge in [-0.1, -0.05) is 18.2 Å². The van der Waals surface area contributed by atoms with Gasteiger partial charge in [-0.05, 0) is 58.8 Å². The molecule has 0 atom stereocenters. The maximum Gasteiger partial charge on any atom is 0.387 e. The second kappa shape index (κ2) is 8.81. The molecule has 0 bridgehead atoms. The minimum absolute atomic E-state index is 0.0195. The predicted octanol–water partition coefficient (Wildman–Crippen LogP) is 3.87. The van der Waals surface area contributed by atoms with Crippen LogP contribution in [-0.2, 0) is 6.42 Å². The van der Waals surface area contributed by atoms with Crippen molar-refractivity contribution in [3.63, 3.8) is 0 Å². The van der Waals surface area contributed by atoms with Crippen LogP contribution in [0.2, 0.25) is 0 Å². The molecule has 2 aromatic rings. The first-order chi connectivity index (χ1) is 11.5. The van der Waals surface area contributed by atoms with Gasteiger partial charge >= 0.3 is 6.61 Å². The second-order valence-corrected chi connectivity index (χ2v) is 6.01. The van der Waals surface area contributed by atoms with Gasteiger partial charge in [-0.2, -0.15) is 8.78 Å². The molecule has 0 saturated heterocycles. The average Bonchev–Trinajstić information content (AvgIpc) is 2.55. The third kappa shape index (κ3) is 5.05. The third-order valence-corrected chi connectivity index (χ3v) is 4.20. The van der Waals surface area contributed by atoms with E-state index in [9.17, 15) is 13.6 Å². The number of amides is 1. The Kier molecular flexibility index (Phi) is 6.77. The van der Waals surface area contributed by atoms with E-state index >= 15 is 0 Å². The van der Waals surface area contributed by atoms with Crippen molar-refractivity contribution in [1.82, 2.24) is 5.32 Å². The zero-order chi connectivity index (χ0) is 17.5. The maximum atomic E-state index is 12.4. The van der Waals surface area contributed by atoms with Gasteiger partial charge in [-0.15, -0.1) is 0 Å². The monoisotopic (exact) mass is 447 g/mol. The molecule has 2 aromatic carbocycles. The quantitative estimate of drug-likeness (QED) is 0.656. The van der Waals surface area contributed by atoms with Gasteiger partial charge in [0.2, 0.25) is 0 Å². The van der Waals surface area contributed by atoms with E-state index in [4.69, 9.17) is 4.74 Å². The number of rotatable bonds is 7. The molecular weight excluding hydrogens is 431 g/mol. The van der Waals surface area contributed by atoms with E-state index < -0.39 is 6.61 Å². The van der Waals surface area contributed by atoms with E-state index in [0.717, 1.165) is 9.13 Å². The fraction of sp³-hybridized carbons (Fsp3) is 0.235. The van der Waals surface area contributed by atoms with Crippen LogP contribution < -0.4 is 14.8 Å². The van der Waals surface area contributed by atoms with E-state index in [1.54, 1.807) is 24.3 Å². The number of carbonyl (C=O) groups is 1. The molecule has 7 heteroatoms. The van der Waals surface area contributed by atoms with Gasteiger partial charge in [-0.3, -0.25) is 4.79 Å². The van der Waals surface area contributed by atoms with Crippen LogP contribution in [0.3, 0.4) is 0 Å². The van der Waals surface area contributed by atoms with Crippen molar-refractivity contribution in [2.75, 3.05) is 13.7 Å². The molecule has 128 valence electrons. The van der Waals surface area contributed by atoms with Crippen LogP contribution in [0.5, 0.6) is 11.5 Å². The first-order valence-corrected chi connectivity index (χ1v) is 8.23. The number of alkyl halides is 2. The molecule has 2 rings (SSSR count). The SMILES string of the molecule is COc1ccc(CCNC(=O)c2ccccc2I)cc1OC(F)F. The van der Waals surface area contributed by atoms with Gasteiger partial charge in [0.15, 0.2) is 11.5 Å². The summed E-state index contributed by atoms with van der Waals surface area (Å²) in [6.07, 6.45) is 0.485. The zero-order valence-electron chi connectivity index (χ0n) is 12.9. The number of nitrogens with one attached hydrogen (secondary N) is 1. The Bertz CT molecular complexity index is 710. The summed E-state index contributed by atoms with van der Waals surface area (Å²) < 4.78 is 35.1. The van der Waals surface area contributed by atoms with Crippen LogP contribution in [0.1, 0.15) is 15.9 Å². The highest BCUT2D eigenvalue weighted by Crippen LogP contribution is 2.29. The Morgan fingerprint density at radius 2 is 1.96 bits per heavy atom. The van der Waals surface area contributed by atoms with Gasteiger partial charge in [0.25, 0.3) is 5.91 Å². The van der Waals surface area contributed by atoms with Gasteiger partial charge in [0.05, 0.1) is 12.7 Å². The van der Waals surface area contributed by atoms with Gasteiger partial charge in [0, 0.05) is 10.1 Å². The van der Waals surface area contributed by atoms with E-state index in [-0.39, 0.29) is 17.4 Å². The summed E-state index contributed by atoms with van der Waals surface area (Å²) in [5, 5.41) is 2.81. The summed E-state index contributed by atoms with van der Waals surface area (Å²) in [5.41, 5.74) is 1.36. The van der Waals surface area contributed by atoms with Crippen molar-refractivity contribution < 1.29 is 23.0 Å². The van der Waals surface area contributed by atoms with Crippen molar-refractivity contribution in [3.05, 3.63) is 57.2 Å². The van der Waals surface area contributed by atoms with Crippen molar-refractivity contribution >= 4 is 28.5 Å².